The molecular formula is C12H16O2S. The SMILES string of the molecule is CC1OC(C)C(C(=O)c2cccs2)C1C. The number of carbonyl (C=O) groups is 1. The van der Waals surface area contributed by atoms with Crippen LogP contribution in [-0.2, 0) is 4.74 Å². The number of thiophene rings is 1. The molecule has 2 rings (SSSR count). The summed E-state index contributed by atoms with van der Waals surface area (Å²) in [7, 11) is 0. The number of Topliss-reactive ketones (excluding diaryl/α,β-unsaturated/α-hetero) is 1. The van der Waals surface area contributed by atoms with Crippen molar-refractivity contribution in [2.45, 2.75) is 33.0 Å². The van der Waals surface area contributed by atoms with Crippen LogP contribution in [0.2, 0.25) is 0 Å². The first-order valence-electron chi connectivity index (χ1n) is 5.34. The lowest BCUT2D eigenvalue weighted by molar-refractivity contribution is 0.0492. The quantitative estimate of drug-likeness (QED) is 0.722. The molecule has 0 radical (unpaired) electrons. The highest BCUT2D eigenvalue weighted by Crippen LogP contribution is 2.35. The van der Waals surface area contributed by atoms with Crippen LogP contribution >= 0.6 is 11.3 Å². The van der Waals surface area contributed by atoms with Crippen LogP contribution in [0.15, 0.2) is 17.5 Å². The Morgan fingerprint density at radius 2 is 2.07 bits per heavy atom. The maximum absolute atomic E-state index is 12.2. The molecule has 0 N–H and O–H groups in total. The number of carbonyl (C=O) groups excluding carboxylic acids is 1. The fraction of sp³-hybridized carbons (Fsp3) is 0.583. The number of hydrogen-bond donors (Lipinski definition) is 0. The Morgan fingerprint density at radius 1 is 1.33 bits per heavy atom. The Balaban J connectivity index is 2.20. The fourth-order valence-corrected chi connectivity index (χ4v) is 3.01. The molecule has 3 heteroatoms. The summed E-state index contributed by atoms with van der Waals surface area (Å²) in [5.74, 6) is 0.586. The molecule has 1 aromatic rings. The van der Waals surface area contributed by atoms with Gasteiger partial charge < -0.3 is 4.74 Å². The van der Waals surface area contributed by atoms with Crippen LogP contribution in [0.25, 0.3) is 0 Å². The van der Waals surface area contributed by atoms with E-state index in [0.717, 1.165) is 4.88 Å². The van der Waals surface area contributed by atoms with Crippen LogP contribution in [0.1, 0.15) is 30.4 Å². The molecule has 0 aliphatic carbocycles. The molecule has 2 nitrogen and oxygen atoms in total. The zero-order chi connectivity index (χ0) is 11.0. The third kappa shape index (κ3) is 1.86. The van der Waals surface area contributed by atoms with E-state index in [1.54, 1.807) is 0 Å². The molecule has 0 spiro atoms. The lowest BCUT2D eigenvalue weighted by Gasteiger charge is -2.15. The van der Waals surface area contributed by atoms with Gasteiger partial charge in [-0.15, -0.1) is 11.3 Å². The highest BCUT2D eigenvalue weighted by atomic mass is 32.1. The van der Waals surface area contributed by atoms with E-state index >= 15 is 0 Å². The molecule has 1 aromatic heterocycles. The van der Waals surface area contributed by atoms with Crippen molar-refractivity contribution >= 4 is 17.1 Å². The molecule has 0 saturated carbocycles. The van der Waals surface area contributed by atoms with Gasteiger partial charge in [0.15, 0.2) is 5.78 Å². The van der Waals surface area contributed by atoms with E-state index in [1.165, 1.54) is 11.3 Å². The van der Waals surface area contributed by atoms with Crippen LogP contribution in [0.5, 0.6) is 0 Å². The average Bonchev–Trinajstić information content (AvgIpc) is 2.76. The highest BCUT2D eigenvalue weighted by Gasteiger charge is 2.41. The van der Waals surface area contributed by atoms with E-state index in [-0.39, 0.29) is 23.9 Å². The Morgan fingerprint density at radius 3 is 2.53 bits per heavy atom. The van der Waals surface area contributed by atoms with Gasteiger partial charge in [-0.3, -0.25) is 4.79 Å². The zero-order valence-electron chi connectivity index (χ0n) is 9.27. The van der Waals surface area contributed by atoms with Gasteiger partial charge in [-0.2, -0.15) is 0 Å². The summed E-state index contributed by atoms with van der Waals surface area (Å²) in [6.07, 6.45) is 0.235. The topological polar surface area (TPSA) is 26.3 Å². The smallest absolute Gasteiger partial charge is 0.178 e. The van der Waals surface area contributed by atoms with Gasteiger partial charge in [0.2, 0.25) is 0 Å². The molecule has 1 fully saturated rings. The molecule has 15 heavy (non-hydrogen) atoms. The van der Waals surface area contributed by atoms with E-state index in [0.29, 0.717) is 5.92 Å². The molecule has 1 aliphatic heterocycles. The van der Waals surface area contributed by atoms with Crippen LogP contribution in [0, 0.1) is 11.8 Å². The third-order valence-corrected chi connectivity index (χ3v) is 4.19. The second kappa shape index (κ2) is 4.06. The molecule has 82 valence electrons. The van der Waals surface area contributed by atoms with Crippen molar-refractivity contribution in [3.8, 4) is 0 Å². The summed E-state index contributed by atoms with van der Waals surface area (Å²) in [5, 5.41) is 1.95. The Labute approximate surface area is 94.3 Å². The average molecular weight is 224 g/mol. The lowest BCUT2D eigenvalue weighted by atomic mass is 9.85. The van der Waals surface area contributed by atoms with Crippen molar-refractivity contribution < 1.29 is 9.53 Å². The Hall–Kier alpha value is -0.670. The van der Waals surface area contributed by atoms with Crippen molar-refractivity contribution in [3.63, 3.8) is 0 Å². The lowest BCUT2D eigenvalue weighted by Crippen LogP contribution is -2.26. The van der Waals surface area contributed by atoms with Gasteiger partial charge in [0.25, 0.3) is 0 Å². The molecule has 2 heterocycles. The minimum absolute atomic E-state index is 0.0265. The largest absolute Gasteiger partial charge is 0.374 e. The number of hydrogen-bond acceptors (Lipinski definition) is 3. The summed E-state index contributed by atoms with van der Waals surface area (Å²) in [5.41, 5.74) is 0. The van der Waals surface area contributed by atoms with Gasteiger partial charge in [0.05, 0.1) is 23.0 Å². The van der Waals surface area contributed by atoms with Crippen molar-refractivity contribution in [3.05, 3.63) is 22.4 Å². The summed E-state index contributed by atoms with van der Waals surface area (Å²) < 4.78 is 5.69. The molecule has 0 bridgehead atoms. The molecule has 4 atom stereocenters. The summed E-state index contributed by atoms with van der Waals surface area (Å²) in [4.78, 5) is 13.1. The second-order valence-electron chi connectivity index (χ2n) is 4.27. The van der Waals surface area contributed by atoms with Crippen molar-refractivity contribution in [2.75, 3.05) is 0 Å². The van der Waals surface area contributed by atoms with E-state index in [1.807, 2.05) is 31.4 Å². The molecule has 4 unspecified atom stereocenters. The predicted octanol–water partition coefficient (Wildman–Crippen LogP) is 2.99. The van der Waals surface area contributed by atoms with Gasteiger partial charge in [-0.25, -0.2) is 0 Å². The zero-order valence-corrected chi connectivity index (χ0v) is 10.1. The molecule has 0 aromatic carbocycles. The van der Waals surface area contributed by atoms with Crippen LogP contribution < -0.4 is 0 Å². The van der Waals surface area contributed by atoms with Gasteiger partial charge in [-0.05, 0) is 31.2 Å². The van der Waals surface area contributed by atoms with Crippen LogP contribution in [-0.4, -0.2) is 18.0 Å². The van der Waals surface area contributed by atoms with Gasteiger partial charge in [-0.1, -0.05) is 13.0 Å². The summed E-state index contributed by atoms with van der Waals surface area (Å²) in [6.45, 7) is 6.14. The number of rotatable bonds is 2. The van der Waals surface area contributed by atoms with Crippen molar-refractivity contribution in [1.29, 1.82) is 0 Å². The maximum atomic E-state index is 12.2. The normalized spacial score (nSPS) is 35.7. The van der Waals surface area contributed by atoms with Gasteiger partial charge in [0, 0.05) is 0 Å². The van der Waals surface area contributed by atoms with Crippen molar-refractivity contribution in [2.24, 2.45) is 11.8 Å². The first-order valence-corrected chi connectivity index (χ1v) is 6.22. The molecular weight excluding hydrogens is 208 g/mol. The first kappa shape index (κ1) is 10.8. The molecule has 0 amide bonds. The van der Waals surface area contributed by atoms with E-state index in [2.05, 4.69) is 6.92 Å². The fourth-order valence-electron chi connectivity index (χ4n) is 2.30. The van der Waals surface area contributed by atoms with Gasteiger partial charge >= 0.3 is 0 Å². The Kier molecular flexibility index (Phi) is 2.94. The standard InChI is InChI=1S/C12H16O2S/c1-7-8(2)14-9(3)11(7)12(13)10-5-4-6-15-10/h4-9,11H,1-3H3. The van der Waals surface area contributed by atoms with E-state index in [9.17, 15) is 4.79 Å². The van der Waals surface area contributed by atoms with E-state index < -0.39 is 0 Å². The maximum Gasteiger partial charge on any atom is 0.178 e. The minimum Gasteiger partial charge on any atom is -0.374 e. The summed E-state index contributed by atoms with van der Waals surface area (Å²) >= 11 is 1.52. The number of ether oxygens (including phenoxy) is 1. The van der Waals surface area contributed by atoms with E-state index in [4.69, 9.17) is 4.74 Å². The minimum atomic E-state index is 0.0265. The second-order valence-corrected chi connectivity index (χ2v) is 5.22. The molecule has 1 aliphatic rings. The van der Waals surface area contributed by atoms with Gasteiger partial charge in [0.1, 0.15) is 0 Å². The van der Waals surface area contributed by atoms with Crippen LogP contribution in [0.4, 0.5) is 0 Å². The monoisotopic (exact) mass is 224 g/mol. The van der Waals surface area contributed by atoms with Crippen molar-refractivity contribution in [1.82, 2.24) is 0 Å². The molecule has 1 saturated heterocycles. The highest BCUT2D eigenvalue weighted by molar-refractivity contribution is 7.12. The predicted molar refractivity (Wildman–Crippen MR) is 61.3 cm³/mol. The summed E-state index contributed by atoms with van der Waals surface area (Å²) in [6, 6.07) is 3.82. The van der Waals surface area contributed by atoms with Crippen LogP contribution in [0.3, 0.4) is 0 Å². The third-order valence-electron chi connectivity index (χ3n) is 3.31. The first-order chi connectivity index (χ1) is 7.11. The Bertz CT molecular complexity index is 345. The number of ketones is 1.